The molecule has 0 bridgehead atoms. The summed E-state index contributed by atoms with van der Waals surface area (Å²) in [5.41, 5.74) is 0. The minimum absolute atomic E-state index is 0.328. The molecular formula is C12H19F2NO2. The molecule has 0 spiro atoms. The molecule has 5 heteroatoms. The monoisotopic (exact) mass is 247 g/mol. The van der Waals surface area contributed by atoms with E-state index >= 15 is 0 Å². The number of carbonyl (C=O) groups is 1. The van der Waals surface area contributed by atoms with Crippen molar-refractivity contribution in [1.82, 2.24) is 4.90 Å². The number of ether oxygens (including phenoxy) is 1. The van der Waals surface area contributed by atoms with Crippen LogP contribution >= 0.6 is 0 Å². The Hall–Kier alpha value is -0.870. The molecule has 1 heterocycles. The first-order valence-electron chi connectivity index (χ1n) is 6.40. The van der Waals surface area contributed by atoms with E-state index in [9.17, 15) is 13.6 Å². The molecule has 98 valence electrons. The summed E-state index contributed by atoms with van der Waals surface area (Å²) >= 11 is 0. The van der Waals surface area contributed by atoms with E-state index in [-0.39, 0.29) is 0 Å². The normalized spacial score (nSPS) is 30.4. The SMILES string of the molecule is CCCCOC(=O)N1CCCCC2C1C2(F)F. The van der Waals surface area contributed by atoms with Gasteiger partial charge in [-0.3, -0.25) is 4.90 Å². The van der Waals surface area contributed by atoms with Gasteiger partial charge >= 0.3 is 6.09 Å². The summed E-state index contributed by atoms with van der Waals surface area (Å²) in [5.74, 6) is -3.33. The van der Waals surface area contributed by atoms with Gasteiger partial charge in [0.05, 0.1) is 12.5 Å². The molecule has 2 atom stereocenters. The Morgan fingerprint density at radius 1 is 1.47 bits per heavy atom. The first-order chi connectivity index (χ1) is 8.09. The fourth-order valence-electron chi connectivity index (χ4n) is 2.52. The van der Waals surface area contributed by atoms with E-state index < -0.39 is 24.0 Å². The molecule has 0 N–H and O–H groups in total. The first kappa shape index (κ1) is 12.6. The number of hydrogen-bond acceptors (Lipinski definition) is 2. The highest BCUT2D eigenvalue weighted by atomic mass is 19.3. The van der Waals surface area contributed by atoms with Crippen molar-refractivity contribution < 1.29 is 18.3 Å². The van der Waals surface area contributed by atoms with Gasteiger partial charge in [0.15, 0.2) is 0 Å². The van der Waals surface area contributed by atoms with Crippen LogP contribution in [0, 0.1) is 5.92 Å². The second-order valence-corrected chi connectivity index (χ2v) is 4.88. The molecule has 2 fully saturated rings. The summed E-state index contributed by atoms with van der Waals surface area (Å²) in [7, 11) is 0. The Labute approximate surface area is 100 Å². The average molecular weight is 247 g/mol. The molecule has 3 nitrogen and oxygen atoms in total. The molecule has 1 saturated carbocycles. The number of alkyl halides is 2. The van der Waals surface area contributed by atoms with Gasteiger partial charge in [-0.2, -0.15) is 0 Å². The third-order valence-corrected chi connectivity index (χ3v) is 3.62. The minimum atomic E-state index is -2.69. The van der Waals surface area contributed by atoms with Crippen LogP contribution in [0.1, 0.15) is 39.0 Å². The maximum Gasteiger partial charge on any atom is 0.410 e. The Kier molecular flexibility index (Phi) is 3.54. The van der Waals surface area contributed by atoms with Crippen molar-refractivity contribution >= 4 is 6.09 Å². The summed E-state index contributed by atoms with van der Waals surface area (Å²) in [6, 6.07) is -0.904. The maximum atomic E-state index is 13.4. The molecule has 0 radical (unpaired) electrons. The molecule has 17 heavy (non-hydrogen) atoms. The molecule has 0 aromatic carbocycles. The van der Waals surface area contributed by atoms with Crippen LogP contribution < -0.4 is 0 Å². The smallest absolute Gasteiger partial charge is 0.410 e. The number of rotatable bonds is 3. The molecule has 1 saturated heterocycles. The molecule has 2 aliphatic rings. The average Bonchev–Trinajstić information content (AvgIpc) is 2.90. The third-order valence-electron chi connectivity index (χ3n) is 3.62. The second kappa shape index (κ2) is 4.78. The molecular weight excluding hydrogens is 228 g/mol. The third kappa shape index (κ3) is 2.38. The van der Waals surface area contributed by atoms with Crippen LogP contribution in [0.15, 0.2) is 0 Å². The van der Waals surface area contributed by atoms with Gasteiger partial charge in [0.1, 0.15) is 6.04 Å². The predicted molar refractivity (Wildman–Crippen MR) is 59.0 cm³/mol. The Morgan fingerprint density at radius 3 is 2.94 bits per heavy atom. The van der Waals surface area contributed by atoms with E-state index in [1.165, 1.54) is 4.90 Å². The van der Waals surface area contributed by atoms with Crippen molar-refractivity contribution in [2.75, 3.05) is 13.2 Å². The number of nitrogens with zero attached hydrogens (tertiary/aromatic N) is 1. The predicted octanol–water partition coefficient (Wildman–Crippen LogP) is 3.04. The van der Waals surface area contributed by atoms with Crippen molar-refractivity contribution in [3.05, 3.63) is 0 Å². The van der Waals surface area contributed by atoms with Gasteiger partial charge in [0, 0.05) is 6.54 Å². The van der Waals surface area contributed by atoms with Crippen molar-refractivity contribution in [2.24, 2.45) is 5.92 Å². The van der Waals surface area contributed by atoms with Crippen LogP contribution in [-0.4, -0.2) is 36.1 Å². The number of fused-ring (bicyclic) bond motifs is 1. The number of hydrogen-bond donors (Lipinski definition) is 0. The van der Waals surface area contributed by atoms with Crippen molar-refractivity contribution in [2.45, 2.75) is 51.0 Å². The maximum absolute atomic E-state index is 13.4. The highest BCUT2D eigenvalue weighted by molar-refractivity contribution is 5.69. The van der Waals surface area contributed by atoms with Gasteiger partial charge in [-0.1, -0.05) is 19.8 Å². The zero-order valence-corrected chi connectivity index (χ0v) is 10.1. The zero-order chi connectivity index (χ0) is 12.5. The lowest BCUT2D eigenvalue weighted by Gasteiger charge is -2.21. The van der Waals surface area contributed by atoms with Gasteiger partial charge in [0.25, 0.3) is 5.92 Å². The molecule has 1 aliphatic carbocycles. The van der Waals surface area contributed by atoms with Gasteiger partial charge in [-0.15, -0.1) is 0 Å². The quantitative estimate of drug-likeness (QED) is 0.717. The van der Waals surface area contributed by atoms with Crippen LogP contribution in [0.2, 0.25) is 0 Å². The summed E-state index contributed by atoms with van der Waals surface area (Å²) in [6.07, 6.45) is 3.24. The van der Waals surface area contributed by atoms with Crippen LogP contribution in [0.5, 0.6) is 0 Å². The highest BCUT2D eigenvalue weighted by Gasteiger charge is 2.71. The molecule has 1 aliphatic heterocycles. The van der Waals surface area contributed by atoms with Crippen molar-refractivity contribution in [3.63, 3.8) is 0 Å². The minimum Gasteiger partial charge on any atom is -0.449 e. The van der Waals surface area contributed by atoms with E-state index in [2.05, 4.69) is 0 Å². The lowest BCUT2D eigenvalue weighted by Crippen LogP contribution is -2.37. The highest BCUT2D eigenvalue weighted by Crippen LogP contribution is 2.56. The standard InChI is InChI=1S/C12H19F2NO2/c1-2-3-8-17-11(16)15-7-5-4-6-9-10(15)12(9,13)14/h9-10H,2-8H2,1H3. The van der Waals surface area contributed by atoms with E-state index in [4.69, 9.17) is 4.74 Å². The summed E-state index contributed by atoms with van der Waals surface area (Å²) in [5, 5.41) is 0. The summed E-state index contributed by atoms with van der Waals surface area (Å²) in [4.78, 5) is 13.0. The van der Waals surface area contributed by atoms with E-state index in [0.717, 1.165) is 25.7 Å². The second-order valence-electron chi connectivity index (χ2n) is 4.88. The largest absolute Gasteiger partial charge is 0.449 e. The lowest BCUT2D eigenvalue weighted by atomic mass is 10.2. The fraction of sp³-hybridized carbons (Fsp3) is 0.917. The van der Waals surface area contributed by atoms with Crippen molar-refractivity contribution in [3.8, 4) is 0 Å². The Bertz CT molecular complexity index is 296. The molecule has 2 unspecified atom stereocenters. The Morgan fingerprint density at radius 2 is 2.24 bits per heavy atom. The van der Waals surface area contributed by atoms with Gasteiger partial charge < -0.3 is 4.74 Å². The van der Waals surface area contributed by atoms with Crippen molar-refractivity contribution in [1.29, 1.82) is 0 Å². The topological polar surface area (TPSA) is 29.5 Å². The lowest BCUT2D eigenvalue weighted by molar-refractivity contribution is 0.0470. The number of halogens is 2. The van der Waals surface area contributed by atoms with Gasteiger partial charge in [0.2, 0.25) is 0 Å². The summed E-state index contributed by atoms with van der Waals surface area (Å²) < 4.78 is 31.9. The van der Waals surface area contributed by atoms with Crippen LogP contribution in [0.25, 0.3) is 0 Å². The zero-order valence-electron chi connectivity index (χ0n) is 10.1. The first-order valence-corrected chi connectivity index (χ1v) is 6.40. The van der Waals surface area contributed by atoms with Gasteiger partial charge in [-0.05, 0) is 19.3 Å². The van der Waals surface area contributed by atoms with E-state index in [0.29, 0.717) is 19.6 Å². The Balaban J connectivity index is 1.92. The van der Waals surface area contributed by atoms with Crippen LogP contribution in [-0.2, 0) is 4.74 Å². The number of amides is 1. The van der Waals surface area contributed by atoms with Gasteiger partial charge in [-0.25, -0.2) is 13.6 Å². The summed E-state index contributed by atoms with van der Waals surface area (Å²) in [6.45, 7) is 2.72. The molecule has 0 aromatic heterocycles. The number of unbranched alkanes of at least 4 members (excludes halogenated alkanes) is 1. The number of likely N-dealkylation sites (tertiary alicyclic amines) is 1. The number of carbonyl (C=O) groups excluding carboxylic acids is 1. The molecule has 1 amide bonds. The van der Waals surface area contributed by atoms with E-state index in [1.807, 2.05) is 6.92 Å². The molecule has 0 aromatic rings. The van der Waals surface area contributed by atoms with E-state index in [1.54, 1.807) is 0 Å². The van der Waals surface area contributed by atoms with Crippen LogP contribution in [0.4, 0.5) is 13.6 Å². The molecule has 2 rings (SSSR count). The van der Waals surface area contributed by atoms with Crippen LogP contribution in [0.3, 0.4) is 0 Å². The fourth-order valence-corrected chi connectivity index (χ4v) is 2.52.